The smallest absolute Gasteiger partial charge is 0.233 e. The molecule has 1 aliphatic heterocycles. The van der Waals surface area contributed by atoms with E-state index < -0.39 is 0 Å². The third-order valence-corrected chi connectivity index (χ3v) is 4.36. The van der Waals surface area contributed by atoms with Crippen LogP contribution in [0.15, 0.2) is 5.16 Å². The number of hydrogen-bond acceptors (Lipinski definition) is 4. The lowest BCUT2D eigenvalue weighted by molar-refractivity contribution is -0.128. The van der Waals surface area contributed by atoms with Gasteiger partial charge in [0, 0.05) is 19.5 Å². The van der Waals surface area contributed by atoms with Gasteiger partial charge in [0.15, 0.2) is 0 Å². The Hall–Kier alpha value is -1.04. The van der Waals surface area contributed by atoms with E-state index in [1.165, 1.54) is 31.0 Å². The van der Waals surface area contributed by atoms with Gasteiger partial charge in [-0.3, -0.25) is 9.89 Å². The summed E-state index contributed by atoms with van der Waals surface area (Å²) in [5, 5.41) is 7.75. The molecule has 2 rings (SSSR count). The summed E-state index contributed by atoms with van der Waals surface area (Å²) in [6.07, 6.45) is 8.04. The third kappa shape index (κ3) is 4.81. The Morgan fingerprint density at radius 2 is 1.95 bits per heavy atom. The van der Waals surface area contributed by atoms with Crippen LogP contribution in [0.4, 0.5) is 0 Å². The lowest BCUT2D eigenvalue weighted by atomic mass is 10.1. The molecule has 0 saturated carbocycles. The molecule has 0 atom stereocenters. The van der Waals surface area contributed by atoms with Crippen LogP contribution in [0, 0.1) is 0 Å². The van der Waals surface area contributed by atoms with Crippen LogP contribution >= 0.6 is 11.8 Å². The maximum Gasteiger partial charge on any atom is 0.233 e. The highest BCUT2D eigenvalue weighted by Crippen LogP contribution is 2.16. The second-order valence-corrected chi connectivity index (χ2v) is 6.19. The molecule has 5 nitrogen and oxygen atoms in total. The van der Waals surface area contributed by atoms with Crippen LogP contribution in [-0.4, -0.2) is 44.8 Å². The summed E-state index contributed by atoms with van der Waals surface area (Å²) in [5.74, 6) is 1.58. The van der Waals surface area contributed by atoms with E-state index in [9.17, 15) is 4.79 Å². The molecule has 1 aliphatic rings. The maximum atomic E-state index is 12.2. The van der Waals surface area contributed by atoms with Crippen molar-refractivity contribution in [1.82, 2.24) is 20.1 Å². The number of nitrogens with zero attached hydrogens (tertiary/aromatic N) is 3. The zero-order valence-electron chi connectivity index (χ0n) is 12.2. The molecule has 0 aromatic carbocycles. The van der Waals surface area contributed by atoms with E-state index in [1.807, 2.05) is 4.90 Å². The largest absolute Gasteiger partial charge is 0.342 e. The van der Waals surface area contributed by atoms with Gasteiger partial charge < -0.3 is 4.90 Å². The van der Waals surface area contributed by atoms with Crippen molar-refractivity contribution in [2.75, 3.05) is 18.8 Å². The van der Waals surface area contributed by atoms with Gasteiger partial charge in [-0.05, 0) is 19.3 Å². The number of rotatable bonds is 5. The van der Waals surface area contributed by atoms with E-state index in [0.717, 1.165) is 44.6 Å². The number of aromatic nitrogens is 3. The SMILES string of the molecule is CCCc1nc(SCC(=O)N2CCCCCCC2)n[nH]1. The van der Waals surface area contributed by atoms with Crippen molar-refractivity contribution in [2.24, 2.45) is 0 Å². The second kappa shape index (κ2) is 8.29. The maximum absolute atomic E-state index is 12.2. The van der Waals surface area contributed by atoms with Gasteiger partial charge in [-0.1, -0.05) is 37.9 Å². The van der Waals surface area contributed by atoms with Crippen molar-refractivity contribution in [3.63, 3.8) is 0 Å². The molecule has 0 spiro atoms. The molecule has 1 saturated heterocycles. The van der Waals surface area contributed by atoms with E-state index in [-0.39, 0.29) is 5.91 Å². The summed E-state index contributed by atoms with van der Waals surface area (Å²) in [5.41, 5.74) is 0. The summed E-state index contributed by atoms with van der Waals surface area (Å²) in [6, 6.07) is 0. The highest BCUT2D eigenvalue weighted by atomic mass is 32.2. The van der Waals surface area contributed by atoms with Crippen molar-refractivity contribution in [3.05, 3.63) is 5.82 Å². The summed E-state index contributed by atoms with van der Waals surface area (Å²) >= 11 is 1.44. The first-order valence-electron chi connectivity index (χ1n) is 7.61. The lowest BCUT2D eigenvalue weighted by Crippen LogP contribution is -2.35. The molecule has 112 valence electrons. The van der Waals surface area contributed by atoms with Gasteiger partial charge in [0.05, 0.1) is 5.75 Å². The minimum absolute atomic E-state index is 0.221. The van der Waals surface area contributed by atoms with E-state index in [2.05, 4.69) is 22.1 Å². The first-order valence-corrected chi connectivity index (χ1v) is 8.60. The molecular weight excluding hydrogens is 272 g/mol. The van der Waals surface area contributed by atoms with Crippen LogP contribution < -0.4 is 0 Å². The average Bonchev–Trinajstić information content (AvgIpc) is 2.84. The number of amides is 1. The van der Waals surface area contributed by atoms with Gasteiger partial charge in [-0.2, -0.15) is 0 Å². The van der Waals surface area contributed by atoms with Crippen LogP contribution in [0.5, 0.6) is 0 Å². The number of nitrogens with one attached hydrogen (secondary N) is 1. The van der Waals surface area contributed by atoms with Crippen LogP contribution in [0.2, 0.25) is 0 Å². The number of likely N-dealkylation sites (tertiary alicyclic amines) is 1. The minimum atomic E-state index is 0.221. The molecule has 1 aromatic heterocycles. The van der Waals surface area contributed by atoms with Gasteiger partial charge in [-0.15, -0.1) is 5.10 Å². The van der Waals surface area contributed by atoms with Crippen molar-refractivity contribution >= 4 is 17.7 Å². The number of thioether (sulfide) groups is 1. The predicted octanol–water partition coefficient (Wildman–Crippen LogP) is 2.64. The highest BCUT2D eigenvalue weighted by Gasteiger charge is 2.15. The quantitative estimate of drug-likeness (QED) is 0.849. The average molecular weight is 296 g/mol. The Balaban J connectivity index is 1.77. The summed E-state index contributed by atoms with van der Waals surface area (Å²) in [4.78, 5) is 18.6. The molecule has 1 fully saturated rings. The molecule has 1 N–H and O–H groups in total. The fraction of sp³-hybridized carbons (Fsp3) is 0.786. The summed E-state index contributed by atoms with van der Waals surface area (Å²) in [7, 11) is 0. The minimum Gasteiger partial charge on any atom is -0.342 e. The van der Waals surface area contributed by atoms with Crippen molar-refractivity contribution in [1.29, 1.82) is 0 Å². The first-order chi connectivity index (χ1) is 9.79. The number of aromatic amines is 1. The Labute approximate surface area is 124 Å². The van der Waals surface area contributed by atoms with Gasteiger partial charge in [0.1, 0.15) is 5.82 Å². The fourth-order valence-electron chi connectivity index (χ4n) is 2.41. The number of hydrogen-bond donors (Lipinski definition) is 1. The molecule has 2 heterocycles. The molecule has 0 unspecified atom stereocenters. The van der Waals surface area contributed by atoms with Crippen LogP contribution in [-0.2, 0) is 11.2 Å². The summed E-state index contributed by atoms with van der Waals surface area (Å²) in [6.45, 7) is 3.93. The Morgan fingerprint density at radius 3 is 2.65 bits per heavy atom. The number of carbonyl (C=O) groups is 1. The number of carbonyl (C=O) groups excluding carboxylic acids is 1. The second-order valence-electron chi connectivity index (χ2n) is 5.25. The standard InChI is InChI=1S/C14H24N4OS/c1-2-8-12-15-14(17-16-12)20-11-13(19)18-9-6-4-3-5-7-10-18/h2-11H2,1H3,(H,15,16,17). The van der Waals surface area contributed by atoms with Crippen molar-refractivity contribution in [3.8, 4) is 0 Å². The Morgan fingerprint density at radius 1 is 1.25 bits per heavy atom. The predicted molar refractivity (Wildman–Crippen MR) is 80.8 cm³/mol. The molecule has 0 aliphatic carbocycles. The zero-order chi connectivity index (χ0) is 14.2. The topological polar surface area (TPSA) is 61.9 Å². The highest BCUT2D eigenvalue weighted by molar-refractivity contribution is 7.99. The molecule has 1 amide bonds. The molecule has 0 radical (unpaired) electrons. The zero-order valence-corrected chi connectivity index (χ0v) is 13.0. The third-order valence-electron chi connectivity index (χ3n) is 3.53. The van der Waals surface area contributed by atoms with Crippen molar-refractivity contribution < 1.29 is 4.79 Å². The molecular formula is C14H24N4OS. The van der Waals surface area contributed by atoms with E-state index in [4.69, 9.17) is 0 Å². The lowest BCUT2D eigenvalue weighted by Gasteiger charge is -2.24. The Kier molecular flexibility index (Phi) is 6.36. The van der Waals surface area contributed by atoms with E-state index >= 15 is 0 Å². The normalized spacial score (nSPS) is 16.8. The van der Waals surface area contributed by atoms with Crippen LogP contribution in [0.25, 0.3) is 0 Å². The van der Waals surface area contributed by atoms with Crippen LogP contribution in [0.1, 0.15) is 51.3 Å². The van der Waals surface area contributed by atoms with Crippen LogP contribution in [0.3, 0.4) is 0 Å². The number of H-pyrrole nitrogens is 1. The van der Waals surface area contributed by atoms with Gasteiger partial charge in [0.25, 0.3) is 0 Å². The summed E-state index contributed by atoms with van der Waals surface area (Å²) < 4.78 is 0. The molecule has 1 aromatic rings. The molecule has 0 bridgehead atoms. The monoisotopic (exact) mass is 296 g/mol. The Bertz CT molecular complexity index is 413. The van der Waals surface area contributed by atoms with E-state index in [1.54, 1.807) is 0 Å². The van der Waals surface area contributed by atoms with E-state index in [0.29, 0.717) is 10.9 Å². The van der Waals surface area contributed by atoms with Crippen molar-refractivity contribution in [2.45, 2.75) is 57.0 Å². The molecule has 6 heteroatoms. The van der Waals surface area contributed by atoms with Gasteiger partial charge in [-0.25, -0.2) is 4.98 Å². The van der Waals surface area contributed by atoms with Gasteiger partial charge >= 0.3 is 0 Å². The molecule has 20 heavy (non-hydrogen) atoms. The number of aryl methyl sites for hydroxylation is 1. The first kappa shape index (κ1) is 15.4. The fourth-order valence-corrected chi connectivity index (χ4v) is 3.13. The van der Waals surface area contributed by atoms with Gasteiger partial charge in [0.2, 0.25) is 11.1 Å².